The molecule has 5 heteroatoms. The van der Waals surface area contributed by atoms with Crippen molar-refractivity contribution in [3.8, 4) is 0 Å². The van der Waals surface area contributed by atoms with Gasteiger partial charge in [0.05, 0.1) is 11.0 Å². The van der Waals surface area contributed by atoms with Crippen LogP contribution in [0.25, 0.3) is 0 Å². The van der Waals surface area contributed by atoms with Gasteiger partial charge in [-0.2, -0.15) is 0 Å². The lowest BCUT2D eigenvalue weighted by Crippen LogP contribution is -2.32. The molecule has 20 heavy (non-hydrogen) atoms. The fourth-order valence-electron chi connectivity index (χ4n) is 2.68. The fourth-order valence-corrected chi connectivity index (χ4v) is 3.77. The average Bonchev–Trinajstić information content (AvgIpc) is 2.83. The SMILES string of the molecule is CCCc1ccc(S(=O)(=O)NCC2CCCC2O)cc1. The molecule has 2 N–H and O–H groups in total. The Bertz CT molecular complexity index is 525. The average molecular weight is 297 g/mol. The maximum atomic E-state index is 12.2. The van der Waals surface area contributed by atoms with E-state index in [1.54, 1.807) is 12.1 Å². The van der Waals surface area contributed by atoms with Crippen LogP contribution in [0.2, 0.25) is 0 Å². The third kappa shape index (κ3) is 3.81. The lowest BCUT2D eigenvalue weighted by molar-refractivity contribution is 0.134. The van der Waals surface area contributed by atoms with Crippen LogP contribution in [0.5, 0.6) is 0 Å². The van der Waals surface area contributed by atoms with Crippen molar-refractivity contribution in [2.45, 2.75) is 50.0 Å². The van der Waals surface area contributed by atoms with Gasteiger partial charge in [-0.25, -0.2) is 13.1 Å². The normalized spacial score (nSPS) is 23.1. The summed E-state index contributed by atoms with van der Waals surface area (Å²) in [5.41, 5.74) is 1.15. The van der Waals surface area contributed by atoms with Crippen LogP contribution in [0.3, 0.4) is 0 Å². The van der Waals surface area contributed by atoms with Gasteiger partial charge in [0.2, 0.25) is 10.0 Å². The van der Waals surface area contributed by atoms with Gasteiger partial charge in [0.25, 0.3) is 0 Å². The maximum Gasteiger partial charge on any atom is 0.240 e. The Morgan fingerprint density at radius 2 is 1.95 bits per heavy atom. The van der Waals surface area contributed by atoms with E-state index >= 15 is 0 Å². The number of hydrogen-bond donors (Lipinski definition) is 2. The van der Waals surface area contributed by atoms with Crippen molar-refractivity contribution in [1.82, 2.24) is 4.72 Å². The standard InChI is InChI=1S/C15H23NO3S/c1-2-4-12-7-9-14(10-8-12)20(18,19)16-11-13-5-3-6-15(13)17/h7-10,13,15-17H,2-6,11H2,1H3. The summed E-state index contributed by atoms with van der Waals surface area (Å²) < 4.78 is 27.0. The van der Waals surface area contributed by atoms with E-state index in [4.69, 9.17) is 0 Å². The molecule has 0 aliphatic heterocycles. The van der Waals surface area contributed by atoms with Crippen molar-refractivity contribution < 1.29 is 13.5 Å². The third-order valence-electron chi connectivity index (χ3n) is 3.93. The minimum atomic E-state index is -3.46. The Hall–Kier alpha value is -0.910. The summed E-state index contributed by atoms with van der Waals surface area (Å²) in [6.07, 6.45) is 4.27. The van der Waals surface area contributed by atoms with Crippen molar-refractivity contribution in [2.24, 2.45) is 5.92 Å². The van der Waals surface area contributed by atoms with Crippen molar-refractivity contribution in [3.63, 3.8) is 0 Å². The number of sulfonamides is 1. The molecule has 2 rings (SSSR count). The summed E-state index contributed by atoms with van der Waals surface area (Å²) in [7, 11) is -3.46. The molecule has 0 saturated heterocycles. The van der Waals surface area contributed by atoms with Crippen molar-refractivity contribution >= 4 is 10.0 Å². The van der Waals surface area contributed by atoms with Crippen LogP contribution < -0.4 is 4.72 Å². The first kappa shape index (κ1) is 15.5. The molecule has 1 saturated carbocycles. The predicted molar refractivity (Wildman–Crippen MR) is 79.0 cm³/mol. The highest BCUT2D eigenvalue weighted by Gasteiger charge is 2.26. The molecule has 0 heterocycles. The number of aliphatic hydroxyl groups excluding tert-OH is 1. The second kappa shape index (κ2) is 6.70. The van der Waals surface area contributed by atoms with Crippen LogP contribution in [0.4, 0.5) is 0 Å². The fraction of sp³-hybridized carbons (Fsp3) is 0.600. The van der Waals surface area contributed by atoms with Crippen LogP contribution >= 0.6 is 0 Å². The molecule has 1 aromatic rings. The molecule has 0 bridgehead atoms. The van der Waals surface area contributed by atoms with E-state index in [2.05, 4.69) is 11.6 Å². The highest BCUT2D eigenvalue weighted by Crippen LogP contribution is 2.25. The molecule has 0 spiro atoms. The van der Waals surface area contributed by atoms with Gasteiger partial charge >= 0.3 is 0 Å². The summed E-state index contributed by atoms with van der Waals surface area (Å²) in [5, 5.41) is 9.72. The summed E-state index contributed by atoms with van der Waals surface area (Å²) in [6, 6.07) is 7.03. The van der Waals surface area contributed by atoms with Gasteiger partial charge in [0.15, 0.2) is 0 Å². The van der Waals surface area contributed by atoms with E-state index in [0.717, 1.165) is 37.7 Å². The Balaban J connectivity index is 1.98. The minimum absolute atomic E-state index is 0.0455. The van der Waals surface area contributed by atoms with Crippen molar-refractivity contribution in [2.75, 3.05) is 6.54 Å². The smallest absolute Gasteiger partial charge is 0.240 e. The van der Waals surface area contributed by atoms with Gasteiger partial charge in [0.1, 0.15) is 0 Å². The first-order valence-electron chi connectivity index (χ1n) is 7.29. The first-order valence-corrected chi connectivity index (χ1v) is 8.78. The quantitative estimate of drug-likeness (QED) is 0.845. The minimum Gasteiger partial charge on any atom is -0.393 e. The monoisotopic (exact) mass is 297 g/mol. The zero-order valence-corrected chi connectivity index (χ0v) is 12.7. The van der Waals surface area contributed by atoms with E-state index in [9.17, 15) is 13.5 Å². The predicted octanol–water partition coefficient (Wildman–Crippen LogP) is 2.08. The van der Waals surface area contributed by atoms with Crippen LogP contribution in [0, 0.1) is 5.92 Å². The molecule has 2 atom stereocenters. The van der Waals surface area contributed by atoms with Gasteiger partial charge in [-0.05, 0) is 42.9 Å². The summed E-state index contributed by atoms with van der Waals surface area (Å²) in [5.74, 6) is 0.0455. The van der Waals surface area contributed by atoms with Gasteiger partial charge in [-0.15, -0.1) is 0 Å². The van der Waals surface area contributed by atoms with E-state index < -0.39 is 10.0 Å². The molecule has 112 valence electrons. The number of rotatable bonds is 6. The summed E-state index contributed by atoms with van der Waals surface area (Å²) in [6.45, 7) is 2.42. The molecule has 0 amide bonds. The second-order valence-corrected chi connectivity index (χ2v) is 7.27. The molecular weight excluding hydrogens is 274 g/mol. The lowest BCUT2D eigenvalue weighted by atomic mass is 10.1. The highest BCUT2D eigenvalue weighted by atomic mass is 32.2. The van der Waals surface area contributed by atoms with Gasteiger partial charge in [0, 0.05) is 6.54 Å². The lowest BCUT2D eigenvalue weighted by Gasteiger charge is -2.15. The van der Waals surface area contributed by atoms with Crippen molar-refractivity contribution in [1.29, 1.82) is 0 Å². The van der Waals surface area contributed by atoms with Crippen LogP contribution in [0.15, 0.2) is 29.2 Å². The second-order valence-electron chi connectivity index (χ2n) is 5.50. The topological polar surface area (TPSA) is 66.4 Å². The maximum absolute atomic E-state index is 12.2. The van der Waals surface area contributed by atoms with Gasteiger partial charge in [-0.1, -0.05) is 31.9 Å². The Morgan fingerprint density at radius 3 is 2.50 bits per heavy atom. The molecule has 1 aliphatic rings. The zero-order chi connectivity index (χ0) is 14.6. The zero-order valence-electron chi connectivity index (χ0n) is 11.9. The van der Waals surface area contributed by atoms with Crippen LogP contribution in [-0.2, 0) is 16.4 Å². The molecule has 4 nitrogen and oxygen atoms in total. The Morgan fingerprint density at radius 1 is 1.25 bits per heavy atom. The van der Waals surface area contributed by atoms with Gasteiger partial charge in [-0.3, -0.25) is 0 Å². The largest absolute Gasteiger partial charge is 0.393 e. The molecule has 1 fully saturated rings. The van der Waals surface area contributed by atoms with E-state index in [-0.39, 0.29) is 12.0 Å². The van der Waals surface area contributed by atoms with E-state index in [1.165, 1.54) is 0 Å². The summed E-state index contributed by atoms with van der Waals surface area (Å²) in [4.78, 5) is 0.296. The van der Waals surface area contributed by atoms with Crippen molar-refractivity contribution in [3.05, 3.63) is 29.8 Å². The summed E-state index contributed by atoms with van der Waals surface area (Å²) >= 11 is 0. The Labute approximate surface area is 121 Å². The number of aliphatic hydroxyl groups is 1. The highest BCUT2D eigenvalue weighted by molar-refractivity contribution is 7.89. The van der Waals surface area contributed by atoms with E-state index in [0.29, 0.717) is 11.4 Å². The molecular formula is C15H23NO3S. The molecule has 0 radical (unpaired) electrons. The molecule has 1 aliphatic carbocycles. The third-order valence-corrected chi connectivity index (χ3v) is 5.37. The number of nitrogens with one attached hydrogen (secondary N) is 1. The van der Waals surface area contributed by atoms with Crippen LogP contribution in [0.1, 0.15) is 38.2 Å². The van der Waals surface area contributed by atoms with Gasteiger partial charge < -0.3 is 5.11 Å². The van der Waals surface area contributed by atoms with Crippen LogP contribution in [-0.4, -0.2) is 26.2 Å². The molecule has 0 aromatic heterocycles. The number of aryl methyl sites for hydroxylation is 1. The molecule has 2 unspecified atom stereocenters. The Kier molecular flexibility index (Phi) is 5.18. The number of hydrogen-bond acceptors (Lipinski definition) is 3. The molecule has 1 aromatic carbocycles. The first-order chi connectivity index (χ1) is 9.53. The van der Waals surface area contributed by atoms with E-state index in [1.807, 2.05) is 12.1 Å². The number of benzene rings is 1.